The van der Waals surface area contributed by atoms with E-state index in [0.717, 1.165) is 12.3 Å². The molecule has 1 aromatic rings. The molecule has 0 fully saturated rings. The molecule has 0 saturated heterocycles. The second-order valence-electron chi connectivity index (χ2n) is 4.11. The van der Waals surface area contributed by atoms with Crippen LogP contribution in [-0.4, -0.2) is 24.6 Å². The Morgan fingerprint density at radius 3 is 2.53 bits per heavy atom. The van der Waals surface area contributed by atoms with E-state index in [2.05, 4.69) is 19.2 Å². The maximum Gasteiger partial charge on any atom is 0.119 e. The SMILES string of the molecule is CC(C)(CCl)NCCOc1ccccc1. The summed E-state index contributed by atoms with van der Waals surface area (Å²) in [4.78, 5) is 0. The van der Waals surface area contributed by atoms with Crippen LogP contribution in [0, 0.1) is 0 Å². The van der Waals surface area contributed by atoms with Gasteiger partial charge in [-0.3, -0.25) is 0 Å². The molecule has 0 aliphatic rings. The second-order valence-corrected chi connectivity index (χ2v) is 4.37. The first-order valence-electron chi connectivity index (χ1n) is 5.13. The van der Waals surface area contributed by atoms with Gasteiger partial charge in [-0.05, 0) is 26.0 Å². The van der Waals surface area contributed by atoms with Crippen LogP contribution in [-0.2, 0) is 0 Å². The number of alkyl halides is 1. The van der Waals surface area contributed by atoms with Crippen molar-refractivity contribution in [2.24, 2.45) is 0 Å². The van der Waals surface area contributed by atoms with Crippen LogP contribution in [0.1, 0.15) is 13.8 Å². The normalized spacial score (nSPS) is 11.4. The van der Waals surface area contributed by atoms with Crippen LogP contribution in [0.4, 0.5) is 0 Å². The van der Waals surface area contributed by atoms with Crippen molar-refractivity contribution < 1.29 is 4.74 Å². The Hall–Kier alpha value is -0.730. The van der Waals surface area contributed by atoms with Gasteiger partial charge in [-0.2, -0.15) is 0 Å². The molecule has 0 unspecified atom stereocenters. The zero-order chi connectivity index (χ0) is 11.1. The molecule has 15 heavy (non-hydrogen) atoms. The summed E-state index contributed by atoms with van der Waals surface area (Å²) in [6, 6.07) is 9.80. The molecule has 84 valence electrons. The van der Waals surface area contributed by atoms with E-state index in [4.69, 9.17) is 16.3 Å². The molecule has 0 aliphatic heterocycles. The minimum Gasteiger partial charge on any atom is -0.492 e. The fourth-order valence-corrected chi connectivity index (χ4v) is 1.22. The van der Waals surface area contributed by atoms with Crippen molar-refractivity contribution >= 4 is 11.6 Å². The lowest BCUT2D eigenvalue weighted by atomic mass is 10.1. The summed E-state index contributed by atoms with van der Waals surface area (Å²) >= 11 is 5.79. The number of ether oxygens (including phenoxy) is 1. The maximum atomic E-state index is 5.79. The van der Waals surface area contributed by atoms with E-state index in [1.165, 1.54) is 0 Å². The van der Waals surface area contributed by atoms with Crippen molar-refractivity contribution in [1.82, 2.24) is 5.32 Å². The van der Waals surface area contributed by atoms with Crippen molar-refractivity contribution in [2.45, 2.75) is 19.4 Å². The Bertz CT molecular complexity index is 274. The molecule has 1 N–H and O–H groups in total. The smallest absolute Gasteiger partial charge is 0.119 e. The third kappa shape index (κ3) is 5.05. The lowest BCUT2D eigenvalue weighted by molar-refractivity contribution is 0.292. The van der Waals surface area contributed by atoms with Crippen LogP contribution in [0.3, 0.4) is 0 Å². The monoisotopic (exact) mass is 227 g/mol. The standard InChI is InChI=1S/C12H18ClNO/c1-12(2,10-13)14-8-9-15-11-6-4-3-5-7-11/h3-7,14H,8-10H2,1-2H3. The average molecular weight is 228 g/mol. The van der Waals surface area contributed by atoms with Crippen LogP contribution in [0.15, 0.2) is 30.3 Å². The van der Waals surface area contributed by atoms with E-state index in [1.54, 1.807) is 0 Å². The Kier molecular flexibility index (Phi) is 4.92. The Morgan fingerprint density at radius 1 is 1.27 bits per heavy atom. The van der Waals surface area contributed by atoms with Gasteiger partial charge in [0, 0.05) is 18.0 Å². The number of halogens is 1. The highest BCUT2D eigenvalue weighted by Gasteiger charge is 2.13. The highest BCUT2D eigenvalue weighted by Crippen LogP contribution is 2.08. The first-order valence-corrected chi connectivity index (χ1v) is 5.66. The number of hydrogen-bond acceptors (Lipinski definition) is 2. The summed E-state index contributed by atoms with van der Waals surface area (Å²) < 4.78 is 5.54. The van der Waals surface area contributed by atoms with Gasteiger partial charge in [0.15, 0.2) is 0 Å². The molecule has 0 amide bonds. The number of para-hydroxylation sites is 1. The van der Waals surface area contributed by atoms with E-state index in [-0.39, 0.29) is 5.54 Å². The van der Waals surface area contributed by atoms with Gasteiger partial charge in [0.05, 0.1) is 0 Å². The minimum atomic E-state index is -0.0262. The summed E-state index contributed by atoms with van der Waals surface area (Å²) in [5.74, 6) is 1.50. The molecule has 0 heterocycles. The van der Waals surface area contributed by atoms with E-state index in [1.807, 2.05) is 30.3 Å². The van der Waals surface area contributed by atoms with E-state index in [9.17, 15) is 0 Å². The summed E-state index contributed by atoms with van der Waals surface area (Å²) in [6.45, 7) is 5.60. The third-order valence-corrected chi connectivity index (χ3v) is 2.72. The fraction of sp³-hybridized carbons (Fsp3) is 0.500. The van der Waals surface area contributed by atoms with Crippen molar-refractivity contribution in [3.8, 4) is 5.75 Å². The maximum absolute atomic E-state index is 5.79. The van der Waals surface area contributed by atoms with Gasteiger partial charge >= 0.3 is 0 Å². The molecule has 1 aromatic carbocycles. The molecule has 0 radical (unpaired) electrons. The average Bonchev–Trinajstić information content (AvgIpc) is 2.26. The van der Waals surface area contributed by atoms with Gasteiger partial charge in [0.1, 0.15) is 12.4 Å². The van der Waals surface area contributed by atoms with Crippen LogP contribution >= 0.6 is 11.6 Å². The quantitative estimate of drug-likeness (QED) is 0.596. The van der Waals surface area contributed by atoms with Crippen molar-refractivity contribution in [2.75, 3.05) is 19.0 Å². The van der Waals surface area contributed by atoms with Gasteiger partial charge in [-0.1, -0.05) is 18.2 Å². The molecule has 0 aromatic heterocycles. The Balaban J connectivity index is 2.18. The lowest BCUT2D eigenvalue weighted by Crippen LogP contribution is -2.43. The zero-order valence-corrected chi connectivity index (χ0v) is 10.1. The third-order valence-electron chi connectivity index (χ3n) is 2.05. The van der Waals surface area contributed by atoms with Crippen LogP contribution in [0.2, 0.25) is 0 Å². The van der Waals surface area contributed by atoms with Crippen molar-refractivity contribution in [3.63, 3.8) is 0 Å². The topological polar surface area (TPSA) is 21.3 Å². The second kappa shape index (κ2) is 5.99. The fourth-order valence-electron chi connectivity index (χ4n) is 1.12. The first kappa shape index (κ1) is 12.3. The van der Waals surface area contributed by atoms with Gasteiger partial charge < -0.3 is 10.1 Å². The van der Waals surface area contributed by atoms with Crippen molar-refractivity contribution in [3.05, 3.63) is 30.3 Å². The molecule has 2 nitrogen and oxygen atoms in total. The zero-order valence-electron chi connectivity index (χ0n) is 9.29. The Morgan fingerprint density at radius 2 is 1.93 bits per heavy atom. The first-order chi connectivity index (χ1) is 7.14. The van der Waals surface area contributed by atoms with Gasteiger partial charge in [0.25, 0.3) is 0 Å². The van der Waals surface area contributed by atoms with E-state index < -0.39 is 0 Å². The molecule has 0 spiro atoms. The van der Waals surface area contributed by atoms with Crippen LogP contribution in [0.5, 0.6) is 5.75 Å². The lowest BCUT2D eigenvalue weighted by Gasteiger charge is -2.23. The molecular weight excluding hydrogens is 210 g/mol. The van der Waals surface area contributed by atoms with Gasteiger partial charge in [-0.15, -0.1) is 11.6 Å². The largest absolute Gasteiger partial charge is 0.492 e. The van der Waals surface area contributed by atoms with Gasteiger partial charge in [-0.25, -0.2) is 0 Å². The molecule has 0 aliphatic carbocycles. The molecule has 0 atom stereocenters. The number of hydrogen-bond donors (Lipinski definition) is 1. The Labute approximate surface area is 96.6 Å². The summed E-state index contributed by atoms with van der Waals surface area (Å²) in [7, 11) is 0. The molecule has 0 saturated carbocycles. The summed E-state index contributed by atoms with van der Waals surface area (Å²) in [6.07, 6.45) is 0. The molecule has 0 bridgehead atoms. The van der Waals surface area contributed by atoms with Crippen LogP contribution < -0.4 is 10.1 Å². The predicted molar refractivity (Wildman–Crippen MR) is 64.7 cm³/mol. The highest BCUT2D eigenvalue weighted by atomic mass is 35.5. The molecule has 3 heteroatoms. The predicted octanol–water partition coefficient (Wildman–Crippen LogP) is 2.67. The van der Waals surface area contributed by atoms with Crippen LogP contribution in [0.25, 0.3) is 0 Å². The molecular formula is C12H18ClNO. The summed E-state index contributed by atoms with van der Waals surface area (Å²) in [5.41, 5.74) is -0.0262. The van der Waals surface area contributed by atoms with Crippen molar-refractivity contribution in [1.29, 1.82) is 0 Å². The number of benzene rings is 1. The summed E-state index contributed by atoms with van der Waals surface area (Å²) in [5, 5.41) is 3.32. The number of rotatable bonds is 6. The number of nitrogens with one attached hydrogen (secondary N) is 1. The van der Waals surface area contributed by atoms with Gasteiger partial charge in [0.2, 0.25) is 0 Å². The van der Waals surface area contributed by atoms with E-state index >= 15 is 0 Å². The van der Waals surface area contributed by atoms with E-state index in [0.29, 0.717) is 12.5 Å². The minimum absolute atomic E-state index is 0.0262. The molecule has 1 rings (SSSR count). The highest BCUT2D eigenvalue weighted by molar-refractivity contribution is 6.18.